The standard InChI is InChI=1S/C14H16ClF2NO/c15-10-2-4-11(5-3-10)18-14(19)8-9-1-6-12(16)13(17)7-9/h1,6-7,10-11H,2-5,8H2,(H,18,19). The predicted octanol–water partition coefficient (Wildman–Crippen LogP) is 3.17. The lowest BCUT2D eigenvalue weighted by Crippen LogP contribution is -2.38. The van der Waals surface area contributed by atoms with E-state index in [1.165, 1.54) is 6.07 Å². The van der Waals surface area contributed by atoms with E-state index in [1.54, 1.807) is 0 Å². The van der Waals surface area contributed by atoms with E-state index in [1.807, 2.05) is 0 Å². The van der Waals surface area contributed by atoms with Crippen LogP contribution in [-0.2, 0) is 11.2 Å². The second kappa shape index (κ2) is 6.33. The smallest absolute Gasteiger partial charge is 0.224 e. The second-order valence-corrected chi connectivity index (χ2v) is 5.56. The van der Waals surface area contributed by atoms with Crippen LogP contribution in [-0.4, -0.2) is 17.3 Å². The van der Waals surface area contributed by atoms with Crippen LogP contribution in [0.1, 0.15) is 31.2 Å². The molecule has 0 saturated heterocycles. The largest absolute Gasteiger partial charge is 0.353 e. The van der Waals surface area contributed by atoms with E-state index in [0.717, 1.165) is 37.8 Å². The molecule has 19 heavy (non-hydrogen) atoms. The van der Waals surface area contributed by atoms with Gasteiger partial charge in [0.1, 0.15) is 0 Å². The van der Waals surface area contributed by atoms with Crippen molar-refractivity contribution >= 4 is 17.5 Å². The Bertz CT molecular complexity index is 459. The van der Waals surface area contributed by atoms with E-state index in [2.05, 4.69) is 5.32 Å². The minimum Gasteiger partial charge on any atom is -0.353 e. The highest BCUT2D eigenvalue weighted by atomic mass is 35.5. The van der Waals surface area contributed by atoms with Gasteiger partial charge in [-0.3, -0.25) is 4.79 Å². The molecule has 1 fully saturated rings. The number of hydrogen-bond donors (Lipinski definition) is 1. The van der Waals surface area contributed by atoms with Crippen molar-refractivity contribution in [3.8, 4) is 0 Å². The summed E-state index contributed by atoms with van der Waals surface area (Å²) in [6.07, 6.45) is 3.61. The number of benzene rings is 1. The molecule has 0 aromatic heterocycles. The maximum absolute atomic E-state index is 13.0. The van der Waals surface area contributed by atoms with E-state index in [-0.39, 0.29) is 23.7 Å². The van der Waals surface area contributed by atoms with Crippen LogP contribution >= 0.6 is 11.6 Å². The average molecular weight is 288 g/mol. The van der Waals surface area contributed by atoms with E-state index < -0.39 is 11.6 Å². The molecule has 1 aliphatic rings. The summed E-state index contributed by atoms with van der Waals surface area (Å²) in [6.45, 7) is 0. The third kappa shape index (κ3) is 4.16. The Morgan fingerprint density at radius 3 is 2.53 bits per heavy atom. The van der Waals surface area contributed by atoms with Gasteiger partial charge in [0.25, 0.3) is 0 Å². The molecule has 2 rings (SSSR count). The number of carbonyl (C=O) groups is 1. The Hall–Kier alpha value is -1.16. The highest BCUT2D eigenvalue weighted by Crippen LogP contribution is 2.22. The minimum atomic E-state index is -0.923. The quantitative estimate of drug-likeness (QED) is 0.850. The Kier molecular flexibility index (Phi) is 4.75. The van der Waals surface area contributed by atoms with Gasteiger partial charge in [-0.25, -0.2) is 8.78 Å². The van der Waals surface area contributed by atoms with Crippen LogP contribution in [0.25, 0.3) is 0 Å². The first-order chi connectivity index (χ1) is 9.04. The molecule has 0 bridgehead atoms. The van der Waals surface area contributed by atoms with E-state index >= 15 is 0 Å². The first-order valence-electron chi connectivity index (χ1n) is 6.42. The van der Waals surface area contributed by atoms with Crippen molar-refractivity contribution in [3.05, 3.63) is 35.4 Å². The zero-order valence-corrected chi connectivity index (χ0v) is 11.2. The Labute approximate surface area is 116 Å². The summed E-state index contributed by atoms with van der Waals surface area (Å²) in [7, 11) is 0. The molecule has 1 aromatic rings. The third-order valence-corrected chi connectivity index (χ3v) is 3.81. The monoisotopic (exact) mass is 287 g/mol. The highest BCUT2D eigenvalue weighted by molar-refractivity contribution is 6.20. The topological polar surface area (TPSA) is 29.1 Å². The summed E-state index contributed by atoms with van der Waals surface area (Å²) in [5, 5.41) is 3.12. The number of alkyl halides is 1. The highest BCUT2D eigenvalue weighted by Gasteiger charge is 2.20. The van der Waals surface area contributed by atoms with Gasteiger partial charge in [-0.2, -0.15) is 0 Å². The summed E-state index contributed by atoms with van der Waals surface area (Å²) in [4.78, 5) is 11.8. The fourth-order valence-electron chi connectivity index (χ4n) is 2.31. The summed E-state index contributed by atoms with van der Waals surface area (Å²) >= 11 is 5.99. The number of amides is 1. The average Bonchev–Trinajstić information content (AvgIpc) is 2.37. The maximum atomic E-state index is 13.0. The van der Waals surface area contributed by atoms with Crippen molar-refractivity contribution in [2.24, 2.45) is 0 Å². The first kappa shape index (κ1) is 14.3. The minimum absolute atomic E-state index is 0.0675. The zero-order valence-electron chi connectivity index (χ0n) is 10.5. The molecule has 1 aromatic carbocycles. The van der Waals surface area contributed by atoms with Crippen LogP contribution in [0, 0.1) is 11.6 Å². The van der Waals surface area contributed by atoms with Gasteiger partial charge in [-0.05, 0) is 43.4 Å². The molecule has 5 heteroatoms. The Morgan fingerprint density at radius 1 is 1.21 bits per heavy atom. The van der Waals surface area contributed by atoms with Gasteiger partial charge >= 0.3 is 0 Å². The summed E-state index contributed by atoms with van der Waals surface area (Å²) < 4.78 is 25.8. The van der Waals surface area contributed by atoms with Gasteiger partial charge in [0.15, 0.2) is 11.6 Å². The van der Waals surface area contributed by atoms with Crippen LogP contribution in [0.15, 0.2) is 18.2 Å². The van der Waals surface area contributed by atoms with Crippen LogP contribution in [0.2, 0.25) is 0 Å². The third-order valence-electron chi connectivity index (χ3n) is 3.37. The van der Waals surface area contributed by atoms with Gasteiger partial charge in [0.05, 0.1) is 6.42 Å². The molecule has 0 radical (unpaired) electrons. The molecule has 1 saturated carbocycles. The van der Waals surface area contributed by atoms with Crippen molar-refractivity contribution in [2.75, 3.05) is 0 Å². The van der Waals surface area contributed by atoms with Gasteiger partial charge < -0.3 is 5.32 Å². The van der Waals surface area contributed by atoms with Crippen LogP contribution < -0.4 is 5.32 Å². The predicted molar refractivity (Wildman–Crippen MR) is 70.1 cm³/mol. The van der Waals surface area contributed by atoms with Crippen LogP contribution in [0.5, 0.6) is 0 Å². The summed E-state index contributed by atoms with van der Waals surface area (Å²) in [5.41, 5.74) is 0.474. The van der Waals surface area contributed by atoms with Crippen molar-refractivity contribution in [1.29, 1.82) is 0 Å². The van der Waals surface area contributed by atoms with E-state index in [0.29, 0.717) is 5.56 Å². The second-order valence-electron chi connectivity index (χ2n) is 4.94. The lowest BCUT2D eigenvalue weighted by molar-refractivity contribution is -0.121. The molecule has 1 N–H and O–H groups in total. The lowest BCUT2D eigenvalue weighted by atomic mass is 9.95. The molecule has 1 amide bonds. The van der Waals surface area contributed by atoms with Gasteiger partial charge in [0.2, 0.25) is 5.91 Å². The molecule has 0 unspecified atom stereocenters. The summed E-state index contributed by atoms with van der Waals surface area (Å²) in [6, 6.07) is 3.67. The van der Waals surface area contributed by atoms with Gasteiger partial charge in [0, 0.05) is 11.4 Å². The molecule has 0 spiro atoms. The van der Waals surface area contributed by atoms with Crippen molar-refractivity contribution < 1.29 is 13.6 Å². The molecular formula is C14H16ClF2NO. The normalized spacial score (nSPS) is 23.1. The number of halogens is 3. The molecular weight excluding hydrogens is 272 g/mol. The Morgan fingerprint density at radius 2 is 1.89 bits per heavy atom. The zero-order chi connectivity index (χ0) is 13.8. The van der Waals surface area contributed by atoms with Gasteiger partial charge in [-0.15, -0.1) is 11.6 Å². The Balaban J connectivity index is 1.85. The molecule has 104 valence electrons. The fraction of sp³-hybridized carbons (Fsp3) is 0.500. The number of nitrogens with one attached hydrogen (secondary N) is 1. The van der Waals surface area contributed by atoms with E-state index in [9.17, 15) is 13.6 Å². The number of hydrogen-bond acceptors (Lipinski definition) is 1. The number of carbonyl (C=O) groups excluding carboxylic acids is 1. The first-order valence-corrected chi connectivity index (χ1v) is 6.85. The van der Waals surface area contributed by atoms with E-state index in [4.69, 9.17) is 11.6 Å². The fourth-order valence-corrected chi connectivity index (χ4v) is 2.56. The molecule has 0 atom stereocenters. The van der Waals surface area contributed by atoms with Crippen molar-refractivity contribution in [1.82, 2.24) is 5.32 Å². The van der Waals surface area contributed by atoms with Crippen molar-refractivity contribution in [3.63, 3.8) is 0 Å². The van der Waals surface area contributed by atoms with Gasteiger partial charge in [-0.1, -0.05) is 6.07 Å². The molecule has 0 aliphatic heterocycles. The molecule has 0 heterocycles. The summed E-state index contributed by atoms with van der Waals surface area (Å²) in [5.74, 6) is -1.98. The molecule has 2 nitrogen and oxygen atoms in total. The SMILES string of the molecule is O=C(Cc1ccc(F)c(F)c1)NC1CCC(Cl)CC1. The number of rotatable bonds is 3. The van der Waals surface area contributed by atoms with Crippen LogP contribution in [0.3, 0.4) is 0 Å². The van der Waals surface area contributed by atoms with Crippen molar-refractivity contribution in [2.45, 2.75) is 43.5 Å². The molecule has 1 aliphatic carbocycles. The van der Waals surface area contributed by atoms with Crippen LogP contribution in [0.4, 0.5) is 8.78 Å². The lowest BCUT2D eigenvalue weighted by Gasteiger charge is -2.25. The maximum Gasteiger partial charge on any atom is 0.224 e.